The number of allylic oxidation sites excluding steroid dienone is 1. The minimum absolute atomic E-state index is 0.0973. The summed E-state index contributed by atoms with van der Waals surface area (Å²) in [7, 11) is 0. The molecule has 1 aliphatic heterocycles. The monoisotopic (exact) mass is 570 g/mol. The van der Waals surface area contributed by atoms with Crippen LogP contribution in [0.25, 0.3) is 0 Å². The van der Waals surface area contributed by atoms with Crippen LogP contribution in [0, 0.1) is 17.3 Å². The van der Waals surface area contributed by atoms with E-state index < -0.39 is 34.8 Å². The van der Waals surface area contributed by atoms with Crippen LogP contribution in [0.1, 0.15) is 84.0 Å². The minimum Gasteiger partial charge on any atom is -0.480 e. The van der Waals surface area contributed by atoms with Crippen LogP contribution in [0.2, 0.25) is 0 Å². The highest BCUT2D eigenvalue weighted by Gasteiger charge is 2.59. The van der Waals surface area contributed by atoms with Gasteiger partial charge in [-0.15, -0.1) is 0 Å². The smallest absolute Gasteiger partial charge is 0.326 e. The van der Waals surface area contributed by atoms with Crippen molar-refractivity contribution in [3.05, 3.63) is 47.5 Å². The molecular formula is C31H46N4O6. The van der Waals surface area contributed by atoms with Crippen LogP contribution in [-0.4, -0.2) is 53.0 Å². The van der Waals surface area contributed by atoms with Crippen molar-refractivity contribution in [1.29, 1.82) is 0 Å². The van der Waals surface area contributed by atoms with E-state index in [1.54, 1.807) is 19.9 Å². The normalized spacial score (nSPS) is 20.8. The maximum absolute atomic E-state index is 13.0. The summed E-state index contributed by atoms with van der Waals surface area (Å²) in [5.74, 6) is -1.84. The molecule has 0 spiro atoms. The molecule has 0 radical (unpaired) electrons. The number of nitrogens with two attached hydrogens (primary N) is 1. The first-order chi connectivity index (χ1) is 19.3. The number of epoxide rings is 1. The Balaban J connectivity index is 1.38. The molecule has 4 atom stereocenters. The van der Waals surface area contributed by atoms with Crippen molar-refractivity contribution in [3.8, 4) is 0 Å². The molecule has 1 aromatic carbocycles. The number of rotatable bonds is 16. The lowest BCUT2D eigenvalue weighted by Gasteiger charge is -2.35. The van der Waals surface area contributed by atoms with E-state index >= 15 is 0 Å². The van der Waals surface area contributed by atoms with Crippen molar-refractivity contribution in [1.82, 2.24) is 16.0 Å². The molecule has 3 rings (SSSR count). The lowest BCUT2D eigenvalue weighted by molar-refractivity contribution is -0.145. The van der Waals surface area contributed by atoms with Crippen LogP contribution in [0.4, 0.5) is 0 Å². The van der Waals surface area contributed by atoms with Crippen LogP contribution in [0.5, 0.6) is 0 Å². The van der Waals surface area contributed by atoms with Gasteiger partial charge < -0.3 is 31.5 Å². The molecule has 2 fully saturated rings. The predicted octanol–water partition coefficient (Wildman–Crippen LogP) is 2.96. The zero-order valence-electron chi connectivity index (χ0n) is 24.9. The SMILES string of the molecule is CC(C)C[C@H](NC(=O)C(C)(C)C1(NC(=O)CNC(=O)/C=C/CC[C@H](C)C2OC2c2ccc(CN)cc2)CC1)C(=O)O. The van der Waals surface area contributed by atoms with Crippen molar-refractivity contribution in [2.75, 3.05) is 6.54 Å². The topological polar surface area (TPSA) is 163 Å². The van der Waals surface area contributed by atoms with E-state index in [1.807, 2.05) is 26.0 Å². The molecule has 226 valence electrons. The molecule has 2 aliphatic rings. The number of amides is 3. The second kappa shape index (κ2) is 13.6. The molecule has 1 saturated carbocycles. The summed E-state index contributed by atoms with van der Waals surface area (Å²) in [6.45, 7) is 9.63. The number of aliphatic carboxylic acids is 1. The number of carboxylic acids is 1. The van der Waals surface area contributed by atoms with E-state index in [2.05, 4.69) is 35.0 Å². The van der Waals surface area contributed by atoms with Crippen molar-refractivity contribution in [2.24, 2.45) is 23.0 Å². The van der Waals surface area contributed by atoms with Gasteiger partial charge in [0.2, 0.25) is 17.7 Å². The third kappa shape index (κ3) is 8.63. The van der Waals surface area contributed by atoms with E-state index in [9.17, 15) is 24.3 Å². The Morgan fingerprint density at radius 1 is 1.15 bits per heavy atom. The second-order valence-corrected chi connectivity index (χ2v) is 12.4. The Hall–Kier alpha value is -3.24. The van der Waals surface area contributed by atoms with Crippen LogP contribution in [0.3, 0.4) is 0 Å². The zero-order valence-corrected chi connectivity index (χ0v) is 24.9. The number of hydrogen-bond acceptors (Lipinski definition) is 6. The van der Waals surface area contributed by atoms with Crippen LogP contribution in [-0.2, 0) is 30.5 Å². The van der Waals surface area contributed by atoms with Gasteiger partial charge in [0.1, 0.15) is 12.1 Å². The van der Waals surface area contributed by atoms with Gasteiger partial charge in [-0.05, 0) is 75.0 Å². The number of carbonyl (C=O) groups is 4. The fourth-order valence-corrected chi connectivity index (χ4v) is 5.20. The molecule has 10 heteroatoms. The number of carboxylic acid groups (broad SMARTS) is 1. The first-order valence-corrected chi connectivity index (χ1v) is 14.5. The molecule has 10 nitrogen and oxygen atoms in total. The van der Waals surface area contributed by atoms with Crippen LogP contribution < -0.4 is 21.7 Å². The van der Waals surface area contributed by atoms with Gasteiger partial charge in [-0.25, -0.2) is 4.79 Å². The Morgan fingerprint density at radius 3 is 2.37 bits per heavy atom. The first-order valence-electron chi connectivity index (χ1n) is 14.5. The molecule has 3 amide bonds. The number of ether oxygens (including phenoxy) is 1. The Labute approximate surface area is 242 Å². The molecule has 1 heterocycles. The summed E-state index contributed by atoms with van der Waals surface area (Å²) in [5.41, 5.74) is 6.10. The average molecular weight is 571 g/mol. The van der Waals surface area contributed by atoms with Gasteiger partial charge in [0.15, 0.2) is 0 Å². The van der Waals surface area contributed by atoms with Gasteiger partial charge in [0.25, 0.3) is 0 Å². The molecule has 2 unspecified atom stereocenters. The molecule has 0 bridgehead atoms. The molecule has 1 saturated heterocycles. The summed E-state index contributed by atoms with van der Waals surface area (Å²) in [6, 6.07) is 7.17. The number of carbonyl (C=O) groups excluding carboxylic acids is 3. The number of nitrogens with one attached hydrogen (secondary N) is 3. The molecule has 1 aromatic rings. The molecule has 0 aromatic heterocycles. The van der Waals surface area contributed by atoms with E-state index in [-0.39, 0.29) is 30.6 Å². The molecular weight excluding hydrogens is 524 g/mol. The summed E-state index contributed by atoms with van der Waals surface area (Å²) in [4.78, 5) is 49.5. The maximum Gasteiger partial charge on any atom is 0.326 e. The second-order valence-electron chi connectivity index (χ2n) is 12.4. The average Bonchev–Trinajstić information content (AvgIpc) is 3.85. The van der Waals surface area contributed by atoms with Gasteiger partial charge in [0, 0.05) is 6.54 Å². The highest BCUT2D eigenvalue weighted by molar-refractivity contribution is 5.92. The lowest BCUT2D eigenvalue weighted by atomic mass is 9.80. The van der Waals surface area contributed by atoms with Gasteiger partial charge in [0.05, 0.1) is 23.6 Å². The first kappa shape index (κ1) is 32.3. The van der Waals surface area contributed by atoms with E-state index in [0.29, 0.717) is 38.1 Å². The Morgan fingerprint density at radius 2 is 1.80 bits per heavy atom. The third-order valence-electron chi connectivity index (χ3n) is 8.31. The quantitative estimate of drug-likeness (QED) is 0.151. The van der Waals surface area contributed by atoms with Crippen LogP contribution in [0.15, 0.2) is 36.4 Å². The third-order valence-corrected chi connectivity index (χ3v) is 8.31. The molecule has 41 heavy (non-hydrogen) atoms. The lowest BCUT2D eigenvalue weighted by Crippen LogP contribution is -2.58. The summed E-state index contributed by atoms with van der Waals surface area (Å²) < 4.78 is 5.88. The van der Waals surface area contributed by atoms with Crippen molar-refractivity contribution < 1.29 is 29.0 Å². The highest BCUT2D eigenvalue weighted by atomic mass is 16.6. The van der Waals surface area contributed by atoms with Crippen LogP contribution >= 0.6 is 0 Å². The predicted molar refractivity (Wildman–Crippen MR) is 155 cm³/mol. The number of benzene rings is 1. The zero-order chi connectivity index (χ0) is 30.4. The summed E-state index contributed by atoms with van der Waals surface area (Å²) >= 11 is 0. The van der Waals surface area contributed by atoms with Gasteiger partial charge in [-0.1, -0.05) is 51.1 Å². The highest BCUT2D eigenvalue weighted by Crippen LogP contribution is 2.50. The summed E-state index contributed by atoms with van der Waals surface area (Å²) in [5, 5.41) is 17.6. The van der Waals surface area contributed by atoms with Gasteiger partial charge in [-0.3, -0.25) is 14.4 Å². The van der Waals surface area contributed by atoms with Gasteiger partial charge in [-0.2, -0.15) is 0 Å². The van der Waals surface area contributed by atoms with Gasteiger partial charge >= 0.3 is 5.97 Å². The molecule has 1 aliphatic carbocycles. The van der Waals surface area contributed by atoms with Crippen molar-refractivity contribution in [3.63, 3.8) is 0 Å². The Kier molecular flexibility index (Phi) is 10.7. The minimum atomic E-state index is -1.08. The Bertz CT molecular complexity index is 1130. The van der Waals surface area contributed by atoms with Crippen molar-refractivity contribution in [2.45, 2.75) is 97.1 Å². The van der Waals surface area contributed by atoms with E-state index in [4.69, 9.17) is 10.5 Å². The number of hydrogen-bond donors (Lipinski definition) is 5. The van der Waals surface area contributed by atoms with Crippen molar-refractivity contribution >= 4 is 23.7 Å². The fraction of sp³-hybridized carbons (Fsp3) is 0.613. The molecule has 6 N–H and O–H groups in total. The summed E-state index contributed by atoms with van der Waals surface area (Å²) in [6.07, 6.45) is 6.57. The maximum atomic E-state index is 13.0. The standard InChI is InChI=1S/C31H46N4O6/c1-19(2)16-23(28(38)39)34-29(40)30(4,5)31(14-15-31)35-25(37)18-33-24(36)9-7-6-8-20(3)26-27(41-26)22-12-10-21(17-32)11-13-22/h7,9-13,19-20,23,26-27H,6,8,14-18,32H2,1-5H3,(H,33,36)(H,34,40)(H,35,37)(H,38,39)/b9-7+/t20-,23-,26?,27?/m0/s1. The largest absolute Gasteiger partial charge is 0.480 e. The van der Waals surface area contributed by atoms with E-state index in [1.165, 1.54) is 6.08 Å². The van der Waals surface area contributed by atoms with E-state index in [0.717, 1.165) is 17.5 Å². The fourth-order valence-electron chi connectivity index (χ4n) is 5.20.